The van der Waals surface area contributed by atoms with E-state index in [2.05, 4.69) is 10.6 Å². The summed E-state index contributed by atoms with van der Waals surface area (Å²) >= 11 is 6.15. The maximum atomic E-state index is 12.2. The minimum Gasteiger partial charge on any atom is -0.487 e. The Morgan fingerprint density at radius 2 is 1.81 bits per heavy atom. The van der Waals surface area contributed by atoms with E-state index < -0.39 is 0 Å². The third-order valence-electron chi connectivity index (χ3n) is 3.68. The van der Waals surface area contributed by atoms with Gasteiger partial charge < -0.3 is 20.1 Å². The molecule has 2 N–H and O–H groups in total. The van der Waals surface area contributed by atoms with E-state index in [-0.39, 0.29) is 18.2 Å². The Bertz CT molecular complexity index is 753. The molecule has 0 bridgehead atoms. The summed E-state index contributed by atoms with van der Waals surface area (Å²) in [4.78, 5) is 24.1. The fraction of sp³-hybridized carbons (Fsp3) is 0.300. The summed E-state index contributed by atoms with van der Waals surface area (Å²) < 4.78 is 10.5. The summed E-state index contributed by atoms with van der Waals surface area (Å²) in [7, 11) is 1.58. The van der Waals surface area contributed by atoms with Gasteiger partial charge in [0.2, 0.25) is 5.91 Å². The number of hydrogen-bond acceptors (Lipinski definition) is 4. The summed E-state index contributed by atoms with van der Waals surface area (Å²) in [5.74, 6) is 0.0874. The predicted molar refractivity (Wildman–Crippen MR) is 105 cm³/mol. The summed E-state index contributed by atoms with van der Waals surface area (Å²) in [6.07, 6.45) is 0.782. The van der Waals surface area contributed by atoms with Crippen molar-refractivity contribution in [2.24, 2.45) is 0 Å². The predicted octanol–water partition coefficient (Wildman–Crippen LogP) is 3.51. The Labute approximate surface area is 163 Å². The quantitative estimate of drug-likeness (QED) is 0.608. The highest BCUT2D eigenvalue weighted by atomic mass is 35.5. The number of amides is 2. The summed E-state index contributed by atoms with van der Waals surface area (Å²) in [5.41, 5.74) is 1.11. The van der Waals surface area contributed by atoms with Gasteiger partial charge in [-0.15, -0.1) is 0 Å². The first-order chi connectivity index (χ1) is 13.1. The fourth-order valence-electron chi connectivity index (χ4n) is 2.34. The lowest BCUT2D eigenvalue weighted by Crippen LogP contribution is -2.25. The first-order valence-electron chi connectivity index (χ1n) is 8.65. The largest absolute Gasteiger partial charge is 0.487 e. The first-order valence-corrected chi connectivity index (χ1v) is 9.03. The van der Waals surface area contributed by atoms with Gasteiger partial charge in [0, 0.05) is 25.6 Å². The molecule has 0 fully saturated rings. The van der Waals surface area contributed by atoms with Gasteiger partial charge in [-0.05, 0) is 30.7 Å². The van der Waals surface area contributed by atoms with Crippen LogP contribution in [0.25, 0.3) is 0 Å². The summed E-state index contributed by atoms with van der Waals surface area (Å²) in [5, 5.41) is 6.01. The molecule has 0 aliphatic rings. The number of hydrogen-bond donors (Lipinski definition) is 2. The Balaban J connectivity index is 1.78. The van der Waals surface area contributed by atoms with Crippen molar-refractivity contribution in [2.45, 2.75) is 12.8 Å². The second-order valence-corrected chi connectivity index (χ2v) is 6.14. The van der Waals surface area contributed by atoms with Gasteiger partial charge in [0.25, 0.3) is 5.91 Å². The Hall–Kier alpha value is -2.57. The molecule has 0 atom stereocenters. The molecule has 0 aliphatic carbocycles. The van der Waals surface area contributed by atoms with Crippen molar-refractivity contribution in [1.29, 1.82) is 0 Å². The van der Waals surface area contributed by atoms with Crippen molar-refractivity contribution in [3.63, 3.8) is 0 Å². The lowest BCUT2D eigenvalue weighted by molar-refractivity contribution is -0.116. The number of para-hydroxylation sites is 1. The minimum absolute atomic E-state index is 0.153. The standard InChI is InChI=1S/C20H23ClN2O4/c1-26-13-14-27-19-16(21)9-5-10-17(19)23-18(24)11-6-12-22-20(25)15-7-3-2-4-8-15/h2-5,7-10H,6,11-14H2,1H3,(H,22,25)(H,23,24). The van der Waals surface area contributed by atoms with Crippen molar-refractivity contribution < 1.29 is 19.1 Å². The number of ether oxygens (including phenoxy) is 2. The third-order valence-corrected chi connectivity index (χ3v) is 3.97. The SMILES string of the molecule is COCCOc1c(Cl)cccc1NC(=O)CCCNC(=O)c1ccccc1. The van der Waals surface area contributed by atoms with Gasteiger partial charge in [0.1, 0.15) is 6.61 Å². The van der Waals surface area contributed by atoms with Crippen molar-refractivity contribution in [2.75, 3.05) is 32.2 Å². The van der Waals surface area contributed by atoms with Gasteiger partial charge in [0.15, 0.2) is 5.75 Å². The van der Waals surface area contributed by atoms with Crippen LogP contribution in [0, 0.1) is 0 Å². The number of halogens is 1. The second-order valence-electron chi connectivity index (χ2n) is 5.73. The van der Waals surface area contributed by atoms with E-state index in [9.17, 15) is 9.59 Å². The van der Waals surface area contributed by atoms with Crippen LogP contribution in [0.2, 0.25) is 5.02 Å². The van der Waals surface area contributed by atoms with Crippen LogP contribution in [0.1, 0.15) is 23.2 Å². The van der Waals surface area contributed by atoms with E-state index in [4.69, 9.17) is 21.1 Å². The second kappa shape index (κ2) is 11.2. The van der Waals surface area contributed by atoms with E-state index in [0.717, 1.165) is 0 Å². The Morgan fingerprint density at radius 1 is 1.04 bits per heavy atom. The molecule has 0 aliphatic heterocycles. The third kappa shape index (κ3) is 6.92. The van der Waals surface area contributed by atoms with Crippen LogP contribution in [-0.2, 0) is 9.53 Å². The molecule has 0 heterocycles. The van der Waals surface area contributed by atoms with Gasteiger partial charge in [0.05, 0.1) is 17.3 Å². The fourth-order valence-corrected chi connectivity index (χ4v) is 2.57. The van der Waals surface area contributed by atoms with Gasteiger partial charge in [-0.3, -0.25) is 9.59 Å². The highest BCUT2D eigenvalue weighted by Gasteiger charge is 2.12. The van der Waals surface area contributed by atoms with E-state index in [0.29, 0.717) is 48.2 Å². The summed E-state index contributed by atoms with van der Waals surface area (Å²) in [6.45, 7) is 1.15. The van der Waals surface area contributed by atoms with Crippen LogP contribution in [0.5, 0.6) is 5.75 Å². The zero-order chi connectivity index (χ0) is 19.5. The maximum Gasteiger partial charge on any atom is 0.251 e. The van der Waals surface area contributed by atoms with Gasteiger partial charge in [-0.1, -0.05) is 35.9 Å². The van der Waals surface area contributed by atoms with Crippen molar-refractivity contribution in [3.8, 4) is 5.75 Å². The molecule has 144 valence electrons. The molecule has 2 amide bonds. The van der Waals surface area contributed by atoms with Crippen molar-refractivity contribution >= 4 is 29.1 Å². The highest BCUT2D eigenvalue weighted by molar-refractivity contribution is 6.32. The molecule has 2 aromatic rings. The monoisotopic (exact) mass is 390 g/mol. The molecule has 0 saturated carbocycles. The van der Waals surface area contributed by atoms with E-state index in [1.807, 2.05) is 6.07 Å². The average Bonchev–Trinajstić information content (AvgIpc) is 2.68. The van der Waals surface area contributed by atoms with Crippen LogP contribution in [0.15, 0.2) is 48.5 Å². The molecule has 0 radical (unpaired) electrons. The zero-order valence-corrected chi connectivity index (χ0v) is 15.9. The van der Waals surface area contributed by atoms with E-state index >= 15 is 0 Å². The molecular formula is C20H23ClN2O4. The minimum atomic E-state index is -0.178. The number of benzene rings is 2. The van der Waals surface area contributed by atoms with Crippen molar-refractivity contribution in [1.82, 2.24) is 5.32 Å². The van der Waals surface area contributed by atoms with Crippen LogP contribution in [0.3, 0.4) is 0 Å². The molecular weight excluding hydrogens is 368 g/mol. The van der Waals surface area contributed by atoms with E-state index in [1.54, 1.807) is 49.6 Å². The van der Waals surface area contributed by atoms with Crippen molar-refractivity contribution in [3.05, 3.63) is 59.1 Å². The normalized spacial score (nSPS) is 10.3. The molecule has 0 saturated heterocycles. The molecule has 27 heavy (non-hydrogen) atoms. The number of nitrogens with one attached hydrogen (secondary N) is 2. The molecule has 2 rings (SSSR count). The highest BCUT2D eigenvalue weighted by Crippen LogP contribution is 2.33. The first kappa shape index (κ1) is 20.7. The molecule has 7 heteroatoms. The smallest absolute Gasteiger partial charge is 0.251 e. The van der Waals surface area contributed by atoms with E-state index in [1.165, 1.54) is 0 Å². The zero-order valence-electron chi connectivity index (χ0n) is 15.2. The van der Waals surface area contributed by atoms with Crippen LogP contribution < -0.4 is 15.4 Å². The Kier molecular flexibility index (Phi) is 8.61. The Morgan fingerprint density at radius 3 is 2.56 bits per heavy atom. The molecule has 2 aromatic carbocycles. The van der Waals surface area contributed by atoms with Crippen LogP contribution in [0.4, 0.5) is 5.69 Å². The lowest BCUT2D eigenvalue weighted by Gasteiger charge is -2.14. The number of anilines is 1. The number of carbonyl (C=O) groups is 2. The summed E-state index contributed by atoms with van der Waals surface area (Å²) in [6, 6.07) is 14.1. The lowest BCUT2D eigenvalue weighted by atomic mass is 10.2. The maximum absolute atomic E-state index is 12.2. The number of carbonyl (C=O) groups excluding carboxylic acids is 2. The molecule has 0 unspecified atom stereocenters. The van der Waals surface area contributed by atoms with Gasteiger partial charge in [-0.25, -0.2) is 0 Å². The molecule has 0 spiro atoms. The van der Waals surface area contributed by atoms with Crippen LogP contribution >= 0.6 is 11.6 Å². The molecule has 6 nitrogen and oxygen atoms in total. The topological polar surface area (TPSA) is 76.7 Å². The van der Waals surface area contributed by atoms with Crippen LogP contribution in [-0.4, -0.2) is 38.7 Å². The number of methoxy groups -OCH3 is 1. The van der Waals surface area contributed by atoms with Gasteiger partial charge >= 0.3 is 0 Å². The average molecular weight is 391 g/mol. The number of rotatable bonds is 10. The van der Waals surface area contributed by atoms with Gasteiger partial charge in [-0.2, -0.15) is 0 Å². The molecule has 0 aromatic heterocycles.